The van der Waals surface area contributed by atoms with E-state index in [9.17, 15) is 4.79 Å². The fourth-order valence-electron chi connectivity index (χ4n) is 4.52. The molecule has 4 aromatic rings. The van der Waals surface area contributed by atoms with Crippen molar-refractivity contribution in [3.63, 3.8) is 0 Å². The summed E-state index contributed by atoms with van der Waals surface area (Å²) in [5.74, 6) is -4.24. The molecule has 0 spiro atoms. The number of carbonyl (C=O) groups is 1. The number of benzene rings is 4. The van der Waals surface area contributed by atoms with E-state index in [4.69, 9.17) is 16.0 Å². The van der Waals surface area contributed by atoms with Crippen molar-refractivity contribution in [3.8, 4) is 0 Å². The Morgan fingerprint density at radius 3 is 1.38 bits per heavy atom. The van der Waals surface area contributed by atoms with Gasteiger partial charge in [0.2, 0.25) is 0 Å². The maximum absolute atomic E-state index is 13.8. The normalized spacial score (nSPS) is 13.5. The first-order chi connectivity index (χ1) is 15.6. The van der Waals surface area contributed by atoms with Crippen molar-refractivity contribution in [1.29, 1.82) is 0 Å². The van der Waals surface area contributed by atoms with E-state index < -0.39 is 11.6 Å². The Balaban J connectivity index is 2.22. The van der Waals surface area contributed by atoms with Crippen LogP contribution in [0.25, 0.3) is 0 Å². The predicted molar refractivity (Wildman–Crippen MR) is 137 cm³/mol. The Labute approximate surface area is 194 Å². The van der Waals surface area contributed by atoms with Crippen LogP contribution in [0.2, 0.25) is 0 Å². The second kappa shape index (κ2) is 9.28. The standard InChI is InChI=1S/C28H26ClO2P/c1-2-31-28(30)27(23-15-7-3-8-16-23)32(29,24-17-9-4-10-18-24,25-19-11-5-12-20-25)26-21-13-6-14-22-26/h3-22,27H,2H2,1H3. The molecule has 0 aromatic heterocycles. The predicted octanol–water partition coefficient (Wildman–Crippen LogP) is 5.97. The second-order valence-electron chi connectivity index (χ2n) is 7.65. The van der Waals surface area contributed by atoms with E-state index in [2.05, 4.69) is 0 Å². The van der Waals surface area contributed by atoms with Crippen LogP contribution in [0.15, 0.2) is 121 Å². The molecule has 0 radical (unpaired) electrons. The van der Waals surface area contributed by atoms with Crippen LogP contribution in [0, 0.1) is 0 Å². The molecule has 4 heteroatoms. The summed E-state index contributed by atoms with van der Waals surface area (Å²) in [6.07, 6.45) is 0. The fourth-order valence-corrected chi connectivity index (χ4v) is 11.4. The number of hydrogen-bond donors (Lipinski definition) is 0. The summed E-state index contributed by atoms with van der Waals surface area (Å²) in [6, 6.07) is 39.9. The van der Waals surface area contributed by atoms with Crippen LogP contribution < -0.4 is 15.9 Å². The first-order valence-corrected chi connectivity index (χ1v) is 13.9. The van der Waals surface area contributed by atoms with E-state index >= 15 is 0 Å². The quantitative estimate of drug-likeness (QED) is 0.251. The summed E-state index contributed by atoms with van der Waals surface area (Å²) in [7, 11) is 0. The van der Waals surface area contributed by atoms with Crippen molar-refractivity contribution in [1.82, 2.24) is 0 Å². The van der Waals surface area contributed by atoms with Gasteiger partial charge in [-0.25, -0.2) is 0 Å². The third-order valence-corrected chi connectivity index (χ3v) is 13.6. The van der Waals surface area contributed by atoms with Gasteiger partial charge in [0.05, 0.1) is 0 Å². The van der Waals surface area contributed by atoms with Crippen molar-refractivity contribution in [2.45, 2.75) is 12.6 Å². The molecular weight excluding hydrogens is 435 g/mol. The SMILES string of the molecule is CCOC(=O)C(c1ccccc1)P(Cl)(c1ccccc1)(c1ccccc1)c1ccccc1. The molecule has 162 valence electrons. The van der Waals surface area contributed by atoms with Gasteiger partial charge in [-0.15, -0.1) is 0 Å². The summed E-state index contributed by atoms with van der Waals surface area (Å²) in [6.45, 7) is 2.11. The van der Waals surface area contributed by atoms with Crippen molar-refractivity contribution in [3.05, 3.63) is 127 Å². The monoisotopic (exact) mass is 460 g/mol. The molecule has 4 rings (SSSR count). The van der Waals surface area contributed by atoms with Crippen LogP contribution in [-0.2, 0) is 9.53 Å². The van der Waals surface area contributed by atoms with Crippen LogP contribution in [0.5, 0.6) is 0 Å². The number of esters is 1. The number of halogens is 1. The zero-order valence-corrected chi connectivity index (χ0v) is 19.6. The molecule has 1 atom stereocenters. The summed E-state index contributed by atoms with van der Waals surface area (Å²) in [5.41, 5.74) is 0.131. The van der Waals surface area contributed by atoms with E-state index in [0.717, 1.165) is 21.5 Å². The van der Waals surface area contributed by atoms with E-state index in [1.54, 1.807) is 0 Å². The average molecular weight is 461 g/mol. The Hall–Kier alpha value is -2.93. The molecule has 0 aliphatic heterocycles. The van der Waals surface area contributed by atoms with Gasteiger partial charge in [0.1, 0.15) is 0 Å². The Morgan fingerprint density at radius 1 is 0.688 bits per heavy atom. The summed E-state index contributed by atoms with van der Waals surface area (Å²) < 4.78 is 5.70. The zero-order valence-electron chi connectivity index (χ0n) is 18.0. The minimum absolute atomic E-state index is 0.282. The molecule has 32 heavy (non-hydrogen) atoms. The van der Waals surface area contributed by atoms with Gasteiger partial charge in [-0.3, -0.25) is 0 Å². The van der Waals surface area contributed by atoms with Crippen LogP contribution in [-0.4, -0.2) is 12.6 Å². The van der Waals surface area contributed by atoms with E-state index in [-0.39, 0.29) is 12.6 Å². The summed E-state index contributed by atoms with van der Waals surface area (Å²) >= 11 is 8.23. The number of hydrogen-bond acceptors (Lipinski definition) is 2. The molecular formula is C28H26ClO2P. The molecule has 0 bridgehead atoms. The number of carbonyl (C=O) groups excluding carboxylic acids is 1. The fraction of sp³-hybridized carbons (Fsp3) is 0.107. The average Bonchev–Trinajstić information content (AvgIpc) is 2.86. The van der Waals surface area contributed by atoms with Crippen LogP contribution in [0.1, 0.15) is 18.1 Å². The summed E-state index contributed by atoms with van der Waals surface area (Å²) in [4.78, 5) is 13.8. The first-order valence-electron chi connectivity index (χ1n) is 10.7. The van der Waals surface area contributed by atoms with Crippen molar-refractivity contribution in [2.24, 2.45) is 0 Å². The van der Waals surface area contributed by atoms with Crippen LogP contribution in [0.3, 0.4) is 0 Å². The molecule has 0 saturated heterocycles. The minimum atomic E-state index is -3.93. The molecule has 0 aliphatic carbocycles. The molecule has 0 N–H and O–H groups in total. The first kappa shape index (κ1) is 22.3. The number of rotatable bonds is 7. The van der Waals surface area contributed by atoms with Crippen molar-refractivity contribution < 1.29 is 9.53 Å². The van der Waals surface area contributed by atoms with Gasteiger partial charge in [-0.2, -0.15) is 0 Å². The van der Waals surface area contributed by atoms with E-state index in [0.29, 0.717) is 0 Å². The van der Waals surface area contributed by atoms with Crippen LogP contribution >= 0.6 is 17.2 Å². The molecule has 0 aliphatic rings. The zero-order chi connectivity index (χ0) is 22.5. The maximum atomic E-state index is 13.8. The van der Waals surface area contributed by atoms with E-state index in [1.165, 1.54) is 0 Å². The molecule has 0 fully saturated rings. The van der Waals surface area contributed by atoms with Crippen molar-refractivity contribution in [2.75, 3.05) is 6.61 Å². The molecule has 4 aromatic carbocycles. The van der Waals surface area contributed by atoms with Crippen molar-refractivity contribution >= 4 is 39.1 Å². The molecule has 0 amide bonds. The van der Waals surface area contributed by atoms with E-state index in [1.807, 2.05) is 128 Å². The molecule has 1 unspecified atom stereocenters. The Morgan fingerprint density at radius 2 is 1.03 bits per heavy atom. The third kappa shape index (κ3) is 3.54. The van der Waals surface area contributed by atoms with Gasteiger partial charge in [-0.05, 0) is 0 Å². The Kier molecular flexibility index (Phi) is 6.46. The van der Waals surface area contributed by atoms with Gasteiger partial charge in [0, 0.05) is 0 Å². The third-order valence-electron chi connectivity index (χ3n) is 5.89. The van der Waals surface area contributed by atoms with Crippen LogP contribution in [0.4, 0.5) is 0 Å². The number of ether oxygens (including phenoxy) is 1. The van der Waals surface area contributed by atoms with Gasteiger partial charge in [0.25, 0.3) is 0 Å². The molecule has 0 saturated carbocycles. The Bertz CT molecular complexity index is 1070. The molecule has 0 heterocycles. The summed E-state index contributed by atoms with van der Waals surface area (Å²) in [5, 5.41) is 2.79. The van der Waals surface area contributed by atoms with Gasteiger partial charge in [-0.1, -0.05) is 0 Å². The second-order valence-corrected chi connectivity index (χ2v) is 14.0. The van der Waals surface area contributed by atoms with Gasteiger partial charge in [0.15, 0.2) is 0 Å². The van der Waals surface area contributed by atoms with Gasteiger partial charge < -0.3 is 0 Å². The topological polar surface area (TPSA) is 26.3 Å². The van der Waals surface area contributed by atoms with Gasteiger partial charge >= 0.3 is 195 Å². The molecule has 2 nitrogen and oxygen atoms in total.